The molecule has 0 saturated heterocycles. The Morgan fingerprint density at radius 2 is 1.42 bits per heavy atom. The summed E-state index contributed by atoms with van der Waals surface area (Å²) in [5.41, 5.74) is 1.05. The summed E-state index contributed by atoms with van der Waals surface area (Å²) >= 11 is 0. The summed E-state index contributed by atoms with van der Waals surface area (Å²) < 4.78 is 10.3. The van der Waals surface area contributed by atoms with E-state index in [2.05, 4.69) is 5.32 Å². The Balaban J connectivity index is 1.96. The molecule has 1 amide bonds. The zero-order chi connectivity index (χ0) is 22.4. The third-order valence-electron chi connectivity index (χ3n) is 5.37. The molecule has 0 spiro atoms. The summed E-state index contributed by atoms with van der Waals surface area (Å²) in [4.78, 5) is 24.0. The lowest BCUT2D eigenvalue weighted by Gasteiger charge is -2.31. The molecule has 0 saturated carbocycles. The van der Waals surface area contributed by atoms with E-state index in [1.54, 1.807) is 0 Å². The van der Waals surface area contributed by atoms with Crippen LogP contribution in [0, 0.1) is 10.1 Å². The van der Waals surface area contributed by atoms with Crippen LogP contribution in [-0.4, -0.2) is 31.6 Å². The number of nitrogens with one attached hydrogen (secondary N) is 1. The van der Waals surface area contributed by atoms with E-state index in [0.29, 0.717) is 0 Å². The predicted octanol–water partition coefficient (Wildman–Crippen LogP) is 4.35. The van der Waals surface area contributed by atoms with Gasteiger partial charge in [0.2, 0.25) is 0 Å². The Morgan fingerprint density at radius 1 is 0.935 bits per heavy atom. The van der Waals surface area contributed by atoms with E-state index < -0.39 is 16.2 Å². The van der Waals surface area contributed by atoms with Crippen molar-refractivity contribution in [3.05, 3.63) is 99.6 Å². The average Bonchev–Trinajstić information content (AvgIpc) is 2.82. The molecule has 0 bridgehead atoms. The zero-order valence-corrected chi connectivity index (χ0v) is 17.6. The number of nitro groups is 1. The molecule has 0 unspecified atom stereocenters. The Morgan fingerprint density at radius 3 is 1.87 bits per heavy atom. The highest BCUT2D eigenvalue weighted by molar-refractivity contribution is 5.99. The second-order valence-electron chi connectivity index (χ2n) is 7.23. The van der Waals surface area contributed by atoms with Crippen LogP contribution in [0.4, 0.5) is 5.69 Å². The molecule has 31 heavy (non-hydrogen) atoms. The maximum absolute atomic E-state index is 13.0. The summed E-state index contributed by atoms with van der Waals surface area (Å²) in [6, 6.07) is 22.1. The molecule has 0 fully saturated rings. The van der Waals surface area contributed by atoms with Crippen LogP contribution in [0.15, 0.2) is 72.8 Å². The van der Waals surface area contributed by atoms with E-state index in [9.17, 15) is 14.9 Å². The fraction of sp³-hybridized carbons (Fsp3) is 0.208. The molecular formula is C24H24N2O5. The summed E-state index contributed by atoms with van der Waals surface area (Å²) in [5, 5.41) is 14.4. The van der Waals surface area contributed by atoms with Crippen LogP contribution in [-0.2, 0) is 5.41 Å². The first-order valence-corrected chi connectivity index (χ1v) is 9.70. The molecule has 7 nitrogen and oxygen atoms in total. The third kappa shape index (κ3) is 4.50. The lowest BCUT2D eigenvalue weighted by Crippen LogP contribution is -2.39. The summed E-state index contributed by atoms with van der Waals surface area (Å²) in [5.74, 6) is -0.137. The lowest BCUT2D eigenvalue weighted by atomic mass is 9.76. The van der Waals surface area contributed by atoms with E-state index in [-0.39, 0.29) is 29.3 Å². The lowest BCUT2D eigenvalue weighted by molar-refractivity contribution is -0.385. The molecule has 0 aliphatic heterocycles. The fourth-order valence-electron chi connectivity index (χ4n) is 3.54. The van der Waals surface area contributed by atoms with Crippen LogP contribution >= 0.6 is 0 Å². The van der Waals surface area contributed by atoms with E-state index in [1.165, 1.54) is 26.4 Å². The Bertz CT molecular complexity index is 1030. The smallest absolute Gasteiger partial charge is 0.286 e. The van der Waals surface area contributed by atoms with Crippen LogP contribution in [0.25, 0.3) is 0 Å². The highest BCUT2D eigenvalue weighted by Gasteiger charge is 2.31. The molecule has 160 valence electrons. The largest absolute Gasteiger partial charge is 0.493 e. The molecule has 0 aliphatic carbocycles. The zero-order valence-electron chi connectivity index (χ0n) is 17.6. The van der Waals surface area contributed by atoms with Gasteiger partial charge < -0.3 is 14.8 Å². The van der Waals surface area contributed by atoms with Crippen LogP contribution in [0.5, 0.6) is 11.5 Å². The first-order valence-electron chi connectivity index (χ1n) is 9.70. The monoisotopic (exact) mass is 420 g/mol. The van der Waals surface area contributed by atoms with Crippen molar-refractivity contribution in [3.8, 4) is 11.5 Å². The molecule has 3 aromatic rings. The van der Waals surface area contributed by atoms with E-state index in [0.717, 1.165) is 11.1 Å². The molecule has 7 heteroatoms. The minimum absolute atomic E-state index is 0.0916. The van der Waals surface area contributed by atoms with Crippen LogP contribution in [0.3, 0.4) is 0 Å². The van der Waals surface area contributed by atoms with Crippen molar-refractivity contribution in [2.24, 2.45) is 0 Å². The SMILES string of the molecule is COc1cc(C(=O)NCC(C)(c2ccccc2)c2ccccc2)c([N+](=O)[O-])cc1OC. The van der Waals surface area contributed by atoms with Gasteiger partial charge in [0.15, 0.2) is 11.5 Å². The standard InChI is InChI=1S/C24H24N2O5/c1-24(17-10-6-4-7-11-17,18-12-8-5-9-13-18)16-25-23(27)19-14-21(30-2)22(31-3)15-20(19)26(28)29/h4-15H,16H2,1-3H3,(H,25,27). The van der Waals surface area contributed by atoms with Gasteiger partial charge in [-0.1, -0.05) is 60.7 Å². The van der Waals surface area contributed by atoms with Gasteiger partial charge in [0, 0.05) is 18.0 Å². The molecule has 0 heterocycles. The highest BCUT2D eigenvalue weighted by atomic mass is 16.6. The third-order valence-corrected chi connectivity index (χ3v) is 5.37. The first-order chi connectivity index (χ1) is 14.9. The van der Waals surface area contributed by atoms with Crippen LogP contribution < -0.4 is 14.8 Å². The summed E-state index contributed by atoms with van der Waals surface area (Å²) in [7, 11) is 2.79. The van der Waals surface area contributed by atoms with Crippen molar-refractivity contribution in [1.29, 1.82) is 0 Å². The second-order valence-corrected chi connectivity index (χ2v) is 7.23. The first kappa shape index (κ1) is 21.8. The number of carbonyl (C=O) groups excluding carboxylic acids is 1. The van der Waals surface area contributed by atoms with Crippen LogP contribution in [0.1, 0.15) is 28.4 Å². The van der Waals surface area contributed by atoms with Gasteiger partial charge in [-0.25, -0.2) is 0 Å². The van der Waals surface area contributed by atoms with Gasteiger partial charge in [-0.2, -0.15) is 0 Å². The van der Waals surface area contributed by atoms with Crippen LogP contribution in [0.2, 0.25) is 0 Å². The molecule has 0 atom stereocenters. The number of carbonyl (C=O) groups is 1. The number of hydrogen-bond donors (Lipinski definition) is 1. The number of ether oxygens (including phenoxy) is 2. The summed E-state index contributed by atoms with van der Waals surface area (Å²) in [6.45, 7) is 2.27. The number of rotatable bonds is 8. The Kier molecular flexibility index (Phi) is 6.55. The van der Waals surface area contributed by atoms with Gasteiger partial charge in [-0.3, -0.25) is 14.9 Å². The number of nitro benzene ring substituents is 1. The average molecular weight is 420 g/mol. The van der Waals surface area contributed by atoms with Gasteiger partial charge in [0.05, 0.1) is 25.2 Å². The molecular weight excluding hydrogens is 396 g/mol. The van der Waals surface area contributed by atoms with Gasteiger partial charge in [0.1, 0.15) is 5.56 Å². The predicted molar refractivity (Wildman–Crippen MR) is 118 cm³/mol. The van der Waals surface area contributed by atoms with Crippen molar-refractivity contribution in [2.45, 2.75) is 12.3 Å². The van der Waals surface area contributed by atoms with E-state index in [1.807, 2.05) is 67.6 Å². The van der Waals surface area contributed by atoms with Gasteiger partial charge >= 0.3 is 0 Å². The van der Waals surface area contributed by atoms with Gasteiger partial charge in [-0.15, -0.1) is 0 Å². The Hall–Kier alpha value is -3.87. The van der Waals surface area contributed by atoms with Crippen molar-refractivity contribution >= 4 is 11.6 Å². The molecule has 0 radical (unpaired) electrons. The maximum Gasteiger partial charge on any atom is 0.286 e. The normalized spacial score (nSPS) is 10.9. The minimum atomic E-state index is -0.607. The quantitative estimate of drug-likeness (QED) is 0.432. The summed E-state index contributed by atoms with van der Waals surface area (Å²) in [6.07, 6.45) is 0. The van der Waals surface area contributed by atoms with E-state index in [4.69, 9.17) is 9.47 Å². The minimum Gasteiger partial charge on any atom is -0.493 e. The van der Waals surface area contributed by atoms with Crippen molar-refractivity contribution in [2.75, 3.05) is 20.8 Å². The maximum atomic E-state index is 13.0. The number of methoxy groups -OCH3 is 2. The number of nitrogens with zero attached hydrogens (tertiary/aromatic N) is 1. The van der Waals surface area contributed by atoms with Crippen molar-refractivity contribution in [3.63, 3.8) is 0 Å². The molecule has 3 aromatic carbocycles. The second kappa shape index (κ2) is 9.30. The van der Waals surface area contributed by atoms with E-state index >= 15 is 0 Å². The van der Waals surface area contributed by atoms with Gasteiger partial charge in [0.25, 0.3) is 11.6 Å². The topological polar surface area (TPSA) is 90.7 Å². The molecule has 1 N–H and O–H groups in total. The fourth-order valence-corrected chi connectivity index (χ4v) is 3.54. The highest BCUT2D eigenvalue weighted by Crippen LogP contribution is 2.35. The van der Waals surface area contributed by atoms with Crippen molar-refractivity contribution < 1.29 is 19.2 Å². The molecule has 0 aliphatic rings. The molecule has 3 rings (SSSR count). The molecule has 0 aromatic heterocycles. The van der Waals surface area contributed by atoms with Gasteiger partial charge in [-0.05, 0) is 18.1 Å². The number of amides is 1. The number of hydrogen-bond acceptors (Lipinski definition) is 5. The number of benzene rings is 3. The van der Waals surface area contributed by atoms with Crippen molar-refractivity contribution in [1.82, 2.24) is 5.32 Å². The Labute approximate surface area is 180 Å².